The molecule has 1 N–H and O–H groups in total. The van der Waals surface area contributed by atoms with Crippen LogP contribution in [0.15, 0.2) is 91.0 Å². The molecule has 0 fully saturated rings. The number of hydrogen-bond donors (Lipinski definition) is 1. The van der Waals surface area contributed by atoms with Crippen molar-refractivity contribution >= 4 is 0 Å². The maximum Gasteiger partial charge on any atom is 0.115 e. The van der Waals surface area contributed by atoms with E-state index in [-0.39, 0.29) is 0 Å². The first kappa shape index (κ1) is 11.5. The zero-order valence-electron chi connectivity index (χ0n) is 11.5. The Bertz CT molecular complexity index is 636. The van der Waals surface area contributed by atoms with Crippen LogP contribution in [0.4, 0.5) is 0 Å². The fourth-order valence-electron chi connectivity index (χ4n) is 1.62. The summed E-state index contributed by atoms with van der Waals surface area (Å²) < 4.78 is 7.71. The Morgan fingerprint density at radius 2 is 1.05 bits per heavy atom. The maximum atomic E-state index is 8.63. The molecule has 1 heteroatoms. The highest BCUT2D eigenvalue weighted by Gasteiger charge is 1.91. The molecule has 0 saturated heterocycles. The largest absolute Gasteiger partial charge is 0.508 e. The van der Waals surface area contributed by atoms with E-state index < -0.39 is 0 Å². The van der Waals surface area contributed by atoms with Gasteiger partial charge >= 0.3 is 0 Å². The lowest BCUT2D eigenvalue weighted by Gasteiger charge is -1.98. The first-order valence-corrected chi connectivity index (χ1v) is 6.12. The zero-order chi connectivity index (χ0) is 14.2. The van der Waals surface area contributed by atoms with E-state index in [9.17, 15) is 0 Å². The summed E-state index contributed by atoms with van der Waals surface area (Å²) >= 11 is 0. The third-order valence-electron chi connectivity index (χ3n) is 2.55. The second kappa shape index (κ2) is 7.02. The zero-order valence-corrected chi connectivity index (χ0v) is 10.5. The number of aromatic hydroxyl groups is 1. The lowest BCUT2D eigenvalue weighted by molar-refractivity contribution is 0.475. The topological polar surface area (TPSA) is 20.2 Å². The van der Waals surface area contributed by atoms with Gasteiger partial charge in [0, 0.05) is 0 Å². The van der Waals surface area contributed by atoms with Gasteiger partial charge in [-0.25, -0.2) is 0 Å². The van der Waals surface area contributed by atoms with Crippen molar-refractivity contribution < 1.29 is 6.48 Å². The summed E-state index contributed by atoms with van der Waals surface area (Å²) in [5, 5.41) is 8.63. The van der Waals surface area contributed by atoms with Gasteiger partial charge < -0.3 is 5.11 Å². The molecule has 0 aliphatic carbocycles. The van der Waals surface area contributed by atoms with E-state index in [0.717, 1.165) is 11.1 Å². The van der Waals surface area contributed by atoms with Gasteiger partial charge in [-0.2, -0.15) is 0 Å². The molecule has 0 amide bonds. The standard InChI is InChI=1S/C12H10.C6H6O/c1-3-7-11(8-4-1)12-9-5-2-6-10-12;7-6-4-2-1-3-5-6/h1-10H;1-5,7H/i7D;. The van der Waals surface area contributed by atoms with E-state index in [1.165, 1.54) is 0 Å². The first-order valence-electron chi connectivity index (χ1n) is 6.62. The Morgan fingerprint density at radius 1 is 0.579 bits per heavy atom. The fourth-order valence-corrected chi connectivity index (χ4v) is 1.62. The molecule has 0 aromatic heterocycles. The number of phenolic OH excluding ortho intramolecular Hbond substituents is 1. The number of para-hydroxylation sites is 1. The highest BCUT2D eigenvalue weighted by Crippen LogP contribution is 2.17. The van der Waals surface area contributed by atoms with Gasteiger partial charge in [0.05, 0.1) is 1.37 Å². The minimum absolute atomic E-state index is 0.322. The summed E-state index contributed by atoms with van der Waals surface area (Å²) in [6, 6.07) is 26.9. The van der Waals surface area contributed by atoms with Gasteiger partial charge in [0.25, 0.3) is 0 Å². The van der Waals surface area contributed by atoms with Gasteiger partial charge in [0.15, 0.2) is 0 Å². The molecule has 3 aromatic rings. The minimum Gasteiger partial charge on any atom is -0.508 e. The van der Waals surface area contributed by atoms with Crippen molar-refractivity contribution in [3.05, 3.63) is 91.0 Å². The summed E-state index contributed by atoms with van der Waals surface area (Å²) in [5.74, 6) is 0.322. The Hall–Kier alpha value is -2.54. The lowest BCUT2D eigenvalue weighted by atomic mass is 10.1. The predicted octanol–water partition coefficient (Wildman–Crippen LogP) is 4.75. The van der Waals surface area contributed by atoms with Crippen molar-refractivity contribution in [3.8, 4) is 16.9 Å². The summed E-state index contributed by atoms with van der Waals surface area (Å²) in [7, 11) is 0. The molecule has 94 valence electrons. The van der Waals surface area contributed by atoms with Gasteiger partial charge in [-0.05, 0) is 23.3 Å². The Kier molecular flexibility index (Phi) is 4.26. The molecular weight excluding hydrogens is 232 g/mol. The first-order chi connectivity index (χ1) is 9.77. The van der Waals surface area contributed by atoms with Crippen LogP contribution in [-0.2, 0) is 0 Å². The van der Waals surface area contributed by atoms with E-state index >= 15 is 0 Å². The highest BCUT2D eigenvalue weighted by molar-refractivity contribution is 5.62. The smallest absolute Gasteiger partial charge is 0.115 e. The Labute approximate surface area is 115 Å². The molecule has 0 radical (unpaired) electrons. The molecule has 0 saturated carbocycles. The van der Waals surface area contributed by atoms with Crippen molar-refractivity contribution in [2.75, 3.05) is 0 Å². The molecule has 19 heavy (non-hydrogen) atoms. The number of hydrogen-bond acceptors (Lipinski definition) is 1. The van der Waals surface area contributed by atoms with Crippen molar-refractivity contribution in [2.24, 2.45) is 0 Å². The second-order valence-corrected chi connectivity index (χ2v) is 3.98. The SMILES string of the molecule is Oc1ccccc1.[2H]c1ccccc1-c1ccccc1. The van der Waals surface area contributed by atoms with Crippen molar-refractivity contribution in [1.82, 2.24) is 0 Å². The van der Waals surface area contributed by atoms with Gasteiger partial charge in [-0.15, -0.1) is 0 Å². The van der Waals surface area contributed by atoms with Crippen molar-refractivity contribution in [1.29, 1.82) is 0 Å². The van der Waals surface area contributed by atoms with Crippen LogP contribution in [0.1, 0.15) is 1.37 Å². The predicted molar refractivity (Wildman–Crippen MR) is 80.0 cm³/mol. The van der Waals surface area contributed by atoms with Gasteiger partial charge in [0.1, 0.15) is 5.75 Å². The molecule has 1 nitrogen and oxygen atoms in total. The quantitative estimate of drug-likeness (QED) is 0.660. The molecule has 3 rings (SSSR count). The Morgan fingerprint density at radius 3 is 1.53 bits per heavy atom. The lowest BCUT2D eigenvalue weighted by Crippen LogP contribution is -1.73. The van der Waals surface area contributed by atoms with E-state index in [0.29, 0.717) is 11.8 Å². The average molecular weight is 249 g/mol. The molecule has 0 aliphatic rings. The number of phenols is 1. The molecular formula is C18H16O. The summed E-state index contributed by atoms with van der Waals surface area (Å²) in [5.41, 5.74) is 2.09. The van der Waals surface area contributed by atoms with E-state index in [1.807, 2.05) is 60.7 Å². The van der Waals surface area contributed by atoms with Crippen LogP contribution in [0.3, 0.4) is 0 Å². The third-order valence-corrected chi connectivity index (χ3v) is 2.55. The van der Waals surface area contributed by atoms with Crippen LogP contribution in [0.25, 0.3) is 11.1 Å². The maximum absolute atomic E-state index is 8.63. The van der Waals surface area contributed by atoms with E-state index in [4.69, 9.17) is 6.48 Å². The summed E-state index contributed by atoms with van der Waals surface area (Å²) in [4.78, 5) is 0. The van der Waals surface area contributed by atoms with Crippen LogP contribution >= 0.6 is 0 Å². The monoisotopic (exact) mass is 249 g/mol. The Balaban J connectivity index is 0.000000178. The van der Waals surface area contributed by atoms with Crippen LogP contribution < -0.4 is 0 Å². The summed E-state index contributed by atoms with van der Waals surface area (Å²) in [6.45, 7) is 0. The van der Waals surface area contributed by atoms with Crippen LogP contribution in [0.2, 0.25) is 0 Å². The molecule has 0 bridgehead atoms. The van der Waals surface area contributed by atoms with E-state index in [1.54, 1.807) is 24.3 Å². The van der Waals surface area contributed by atoms with Crippen LogP contribution in [-0.4, -0.2) is 5.11 Å². The molecule has 0 atom stereocenters. The minimum atomic E-state index is 0.322. The van der Waals surface area contributed by atoms with Crippen molar-refractivity contribution in [3.63, 3.8) is 0 Å². The number of benzene rings is 3. The van der Waals surface area contributed by atoms with Crippen molar-refractivity contribution in [2.45, 2.75) is 0 Å². The molecule has 0 aliphatic heterocycles. The van der Waals surface area contributed by atoms with Crippen LogP contribution in [0, 0.1) is 0 Å². The van der Waals surface area contributed by atoms with Gasteiger partial charge in [0.2, 0.25) is 0 Å². The molecule has 0 spiro atoms. The number of rotatable bonds is 1. The highest BCUT2D eigenvalue weighted by atomic mass is 16.3. The van der Waals surface area contributed by atoms with Gasteiger partial charge in [-0.3, -0.25) is 0 Å². The average Bonchev–Trinajstić information content (AvgIpc) is 2.50. The fraction of sp³-hybridized carbons (Fsp3) is 0. The normalized spacial score (nSPS) is 10.0. The third kappa shape index (κ3) is 4.32. The van der Waals surface area contributed by atoms with E-state index in [2.05, 4.69) is 0 Å². The molecule has 0 heterocycles. The molecule has 0 unspecified atom stereocenters. The van der Waals surface area contributed by atoms with Gasteiger partial charge in [-0.1, -0.05) is 78.8 Å². The molecule has 3 aromatic carbocycles. The summed E-state index contributed by atoms with van der Waals surface area (Å²) in [6.07, 6.45) is 0. The second-order valence-electron chi connectivity index (χ2n) is 3.98. The van der Waals surface area contributed by atoms with Crippen LogP contribution in [0.5, 0.6) is 5.75 Å².